The Hall–Kier alpha value is -3.04. The third kappa shape index (κ3) is 51.8. The van der Waals surface area contributed by atoms with Crippen molar-refractivity contribution in [1.82, 2.24) is 0 Å². The summed E-state index contributed by atoms with van der Waals surface area (Å²) in [6, 6.07) is 0. The Bertz CT molecular complexity index is 1650. The highest BCUT2D eigenvalue weighted by molar-refractivity contribution is 7.47. The molecule has 0 amide bonds. The minimum absolute atomic E-state index is 0.154. The Morgan fingerprint density at radius 2 is 0.597 bits per heavy atom. The summed E-state index contributed by atoms with van der Waals surface area (Å²) in [6.07, 6.45) is 55.2. The molecule has 0 heterocycles. The number of unbranched alkanes of at least 4 members (excludes halogenated alkanes) is 14. The van der Waals surface area contributed by atoms with Crippen molar-refractivity contribution in [2.24, 2.45) is 0 Å². The molecule has 72 heavy (non-hydrogen) atoms. The lowest BCUT2D eigenvalue weighted by molar-refractivity contribution is -0.148. The third-order valence-corrected chi connectivity index (χ3v) is 12.4. The molecule has 0 saturated heterocycles. The first-order chi connectivity index (χ1) is 34.8. The molecule has 5 unspecified atom stereocenters. The number of rotatable bonds is 50. The molecule has 0 aromatic rings. The second-order valence-electron chi connectivity index (χ2n) is 17.5. The number of aliphatic hydroxyl groups is 3. The van der Waals surface area contributed by atoms with E-state index in [-0.39, 0.29) is 12.8 Å². The average Bonchev–Trinajstić information content (AvgIpc) is 3.36. The zero-order chi connectivity index (χ0) is 53.1. The molecule has 0 aliphatic rings. The summed E-state index contributed by atoms with van der Waals surface area (Å²) in [4.78, 5) is 43.9. The van der Waals surface area contributed by atoms with Crippen LogP contribution in [-0.4, -0.2) is 95.0 Å². The van der Waals surface area contributed by atoms with Gasteiger partial charge < -0.3 is 34.6 Å². The second kappa shape index (κ2) is 50.1. The van der Waals surface area contributed by atoms with Gasteiger partial charge in [-0.05, 0) is 103 Å². The van der Waals surface area contributed by atoms with Gasteiger partial charge in [-0.25, -0.2) is 9.13 Å². The Kier molecular flexibility index (Phi) is 48.0. The molecular formula is C55H94O15P2. The van der Waals surface area contributed by atoms with Gasteiger partial charge in [-0.3, -0.25) is 27.7 Å². The van der Waals surface area contributed by atoms with Crippen molar-refractivity contribution in [3.63, 3.8) is 0 Å². The van der Waals surface area contributed by atoms with Crippen molar-refractivity contribution in [3.8, 4) is 0 Å². The lowest BCUT2D eigenvalue weighted by Gasteiger charge is -2.19. The maximum Gasteiger partial charge on any atom is 0.472 e. The van der Waals surface area contributed by atoms with E-state index in [1.165, 1.54) is 44.9 Å². The van der Waals surface area contributed by atoms with Crippen LogP contribution in [0.15, 0.2) is 97.2 Å². The van der Waals surface area contributed by atoms with E-state index < -0.39 is 85.5 Å². The van der Waals surface area contributed by atoms with Crippen LogP contribution in [-0.2, 0) is 46.3 Å². The van der Waals surface area contributed by atoms with Crippen LogP contribution in [0.25, 0.3) is 0 Å². The Morgan fingerprint density at radius 3 is 0.903 bits per heavy atom. The number of phosphoric acid groups is 2. The summed E-state index contributed by atoms with van der Waals surface area (Å²) in [6.45, 7) is 0.294. The SMILES string of the molecule is CCCCC/C=C\C/C=C\C/C=C\C/C=C\CCCCCCCC(=O)OCC(O)COP(=O)(O)OCC(O)COP(=O)(O)OCC(O)COC(=O)CCCCC/C=C\C/C=C\C/C=C\C/C=C\CCCCC. The van der Waals surface area contributed by atoms with Gasteiger partial charge >= 0.3 is 27.6 Å². The predicted octanol–water partition coefficient (Wildman–Crippen LogP) is 13.1. The van der Waals surface area contributed by atoms with Gasteiger partial charge in [0.2, 0.25) is 0 Å². The first-order valence-electron chi connectivity index (χ1n) is 26.6. The molecule has 0 radical (unpaired) electrons. The van der Waals surface area contributed by atoms with Crippen LogP contribution >= 0.6 is 15.6 Å². The highest BCUT2D eigenvalue weighted by Gasteiger charge is 2.28. The zero-order valence-corrected chi connectivity index (χ0v) is 45.6. The van der Waals surface area contributed by atoms with Crippen molar-refractivity contribution in [1.29, 1.82) is 0 Å². The molecule has 17 heteroatoms. The Morgan fingerprint density at radius 1 is 0.361 bits per heavy atom. The van der Waals surface area contributed by atoms with Crippen molar-refractivity contribution in [2.45, 2.75) is 199 Å². The van der Waals surface area contributed by atoms with Crippen LogP contribution in [0.3, 0.4) is 0 Å². The van der Waals surface area contributed by atoms with Crippen molar-refractivity contribution in [3.05, 3.63) is 97.2 Å². The van der Waals surface area contributed by atoms with Crippen LogP contribution in [0.4, 0.5) is 0 Å². The maximum atomic E-state index is 12.2. The summed E-state index contributed by atoms with van der Waals surface area (Å²) in [7, 11) is -9.61. The van der Waals surface area contributed by atoms with Gasteiger partial charge in [0.05, 0.1) is 26.4 Å². The monoisotopic (exact) mass is 1060 g/mol. The Labute approximate surface area is 433 Å². The smallest absolute Gasteiger partial charge is 0.463 e. The van der Waals surface area contributed by atoms with Gasteiger partial charge in [0.1, 0.15) is 31.5 Å². The number of hydrogen-bond donors (Lipinski definition) is 5. The first kappa shape index (κ1) is 69.0. The van der Waals surface area contributed by atoms with Crippen molar-refractivity contribution in [2.75, 3.05) is 39.6 Å². The molecule has 0 saturated carbocycles. The first-order valence-corrected chi connectivity index (χ1v) is 29.6. The maximum absolute atomic E-state index is 12.2. The fourth-order valence-corrected chi connectivity index (χ4v) is 7.95. The van der Waals surface area contributed by atoms with Crippen LogP contribution in [0, 0.1) is 0 Å². The number of esters is 2. The van der Waals surface area contributed by atoms with E-state index in [0.717, 1.165) is 96.3 Å². The third-order valence-electron chi connectivity index (χ3n) is 10.5. The summed E-state index contributed by atoms with van der Waals surface area (Å²) >= 11 is 0. The highest BCUT2D eigenvalue weighted by atomic mass is 31.2. The second-order valence-corrected chi connectivity index (χ2v) is 20.4. The molecule has 0 aromatic carbocycles. The number of phosphoric ester groups is 2. The minimum atomic E-state index is -4.80. The van der Waals surface area contributed by atoms with Gasteiger partial charge in [-0.15, -0.1) is 0 Å². The van der Waals surface area contributed by atoms with Crippen LogP contribution in [0.5, 0.6) is 0 Å². The topological polar surface area (TPSA) is 225 Å². The van der Waals surface area contributed by atoms with E-state index in [0.29, 0.717) is 12.8 Å². The predicted molar refractivity (Wildman–Crippen MR) is 288 cm³/mol. The van der Waals surface area contributed by atoms with Crippen molar-refractivity contribution >= 4 is 27.6 Å². The molecular weight excluding hydrogens is 963 g/mol. The lowest BCUT2D eigenvalue weighted by atomic mass is 10.1. The standard InChI is InChI=1S/C55H94O15P2/c1-3-5-7-9-11-13-15-17-19-21-23-24-26-28-30-32-34-36-38-40-42-44-55(60)66-46-52(57)48-68-72(63,64)70-50-53(58)49-69-71(61,62)67-47-51(56)45-65-54(59)43-41-39-37-35-33-31-29-27-25-22-20-18-16-14-12-10-8-6-4-2/h11-14,17-20,23-25,27-28,30-31,33,51-53,56-58H,3-10,15-16,21-22,26,29,32,34-50H2,1-2H3,(H,61,62)(H,63,64)/b13-11-,14-12-,19-17-,20-18-,24-23-,27-25-,30-28-,33-31-. The van der Waals surface area contributed by atoms with E-state index in [9.17, 15) is 43.8 Å². The number of carbonyl (C=O) groups is 2. The summed E-state index contributed by atoms with van der Waals surface area (Å²) in [5.41, 5.74) is 0. The molecule has 0 aromatic heterocycles. The van der Waals surface area contributed by atoms with Crippen molar-refractivity contribution < 1.29 is 71.4 Å². The van der Waals surface area contributed by atoms with E-state index in [4.69, 9.17) is 14.0 Å². The number of allylic oxidation sites excluding steroid dienone is 16. The van der Waals surface area contributed by atoms with Gasteiger partial charge in [0, 0.05) is 12.8 Å². The molecule has 0 spiro atoms. The minimum Gasteiger partial charge on any atom is -0.463 e. The van der Waals surface area contributed by atoms with Gasteiger partial charge in [-0.2, -0.15) is 0 Å². The van der Waals surface area contributed by atoms with E-state index in [1.807, 2.05) is 0 Å². The summed E-state index contributed by atoms with van der Waals surface area (Å²) < 4.78 is 53.1. The zero-order valence-electron chi connectivity index (χ0n) is 43.8. The number of aliphatic hydroxyl groups excluding tert-OH is 3. The summed E-state index contributed by atoms with van der Waals surface area (Å²) in [5.74, 6) is -1.05. The lowest BCUT2D eigenvalue weighted by Crippen LogP contribution is -2.25. The number of hydrogen-bond acceptors (Lipinski definition) is 13. The molecule has 0 aliphatic carbocycles. The molecule has 0 aliphatic heterocycles. The van der Waals surface area contributed by atoms with Gasteiger partial charge in [0.25, 0.3) is 0 Å². The fraction of sp³-hybridized carbons (Fsp3) is 0.673. The van der Waals surface area contributed by atoms with Gasteiger partial charge in [0.15, 0.2) is 0 Å². The molecule has 0 fully saturated rings. The fourth-order valence-electron chi connectivity index (χ4n) is 6.35. The summed E-state index contributed by atoms with van der Waals surface area (Å²) in [5, 5.41) is 30.1. The highest BCUT2D eigenvalue weighted by Crippen LogP contribution is 2.45. The molecule has 0 bridgehead atoms. The quantitative estimate of drug-likeness (QED) is 0.0165. The van der Waals surface area contributed by atoms with Crippen LogP contribution in [0.1, 0.15) is 181 Å². The van der Waals surface area contributed by atoms with Crippen LogP contribution in [0.2, 0.25) is 0 Å². The average molecular weight is 1060 g/mol. The van der Waals surface area contributed by atoms with E-state index in [1.54, 1.807) is 0 Å². The van der Waals surface area contributed by atoms with E-state index in [2.05, 4.69) is 125 Å². The normalized spacial score (nSPS) is 15.6. The largest absolute Gasteiger partial charge is 0.472 e. The number of ether oxygens (including phenoxy) is 2. The molecule has 414 valence electrons. The van der Waals surface area contributed by atoms with Crippen LogP contribution < -0.4 is 0 Å². The van der Waals surface area contributed by atoms with Gasteiger partial charge in [-0.1, -0.05) is 162 Å². The Balaban J connectivity index is 3.93. The van der Waals surface area contributed by atoms with E-state index >= 15 is 0 Å². The number of carbonyl (C=O) groups excluding carboxylic acids is 2. The molecule has 5 atom stereocenters. The molecule has 5 N–H and O–H groups in total. The molecule has 15 nitrogen and oxygen atoms in total. The molecule has 0 rings (SSSR count).